The summed E-state index contributed by atoms with van der Waals surface area (Å²) >= 11 is 0. The molecule has 120 valence electrons. The van der Waals surface area contributed by atoms with E-state index in [1.807, 2.05) is 10.8 Å². The second-order valence-electron chi connectivity index (χ2n) is 5.51. The molecule has 0 unspecified atom stereocenters. The van der Waals surface area contributed by atoms with E-state index in [4.69, 9.17) is 0 Å². The lowest BCUT2D eigenvalue weighted by Crippen LogP contribution is -2.26. The molecule has 23 heavy (non-hydrogen) atoms. The van der Waals surface area contributed by atoms with Crippen molar-refractivity contribution in [2.24, 2.45) is 7.05 Å². The smallest absolute Gasteiger partial charge is 0.268 e. The van der Waals surface area contributed by atoms with Crippen LogP contribution in [0.1, 0.15) is 29.7 Å². The Morgan fingerprint density at radius 3 is 2.96 bits per heavy atom. The molecule has 0 atom stereocenters. The molecule has 0 bridgehead atoms. The van der Waals surface area contributed by atoms with Gasteiger partial charge in [0.05, 0.1) is 6.54 Å². The summed E-state index contributed by atoms with van der Waals surface area (Å²) in [4.78, 5) is 16.7. The van der Waals surface area contributed by atoms with Gasteiger partial charge in [0.15, 0.2) is 0 Å². The summed E-state index contributed by atoms with van der Waals surface area (Å²) in [5.74, 6) is 0.316. The number of nitrogens with zero attached hydrogens (tertiary/aromatic N) is 3. The lowest BCUT2D eigenvalue weighted by atomic mass is 10.2. The fourth-order valence-corrected chi connectivity index (χ4v) is 2.74. The summed E-state index contributed by atoms with van der Waals surface area (Å²) in [6.45, 7) is 3.33. The van der Waals surface area contributed by atoms with Crippen LogP contribution in [0.15, 0.2) is 36.7 Å². The van der Waals surface area contributed by atoms with E-state index in [2.05, 4.69) is 17.2 Å². The Hall–Kier alpha value is -2.63. The van der Waals surface area contributed by atoms with Crippen molar-refractivity contribution < 1.29 is 9.18 Å². The van der Waals surface area contributed by atoms with Gasteiger partial charge in [0.2, 0.25) is 0 Å². The maximum Gasteiger partial charge on any atom is 0.268 e. The van der Waals surface area contributed by atoms with E-state index >= 15 is 0 Å². The molecular formula is C17H19FN4O. The molecule has 0 aliphatic rings. The van der Waals surface area contributed by atoms with E-state index in [1.165, 1.54) is 12.1 Å². The first-order chi connectivity index (χ1) is 11.1. The van der Waals surface area contributed by atoms with Gasteiger partial charge in [-0.05, 0) is 30.7 Å². The second kappa shape index (κ2) is 6.24. The molecule has 1 amide bonds. The quantitative estimate of drug-likeness (QED) is 0.787. The van der Waals surface area contributed by atoms with Crippen LogP contribution in [-0.2, 0) is 20.1 Å². The van der Waals surface area contributed by atoms with Crippen LogP contribution in [0.5, 0.6) is 0 Å². The number of aryl methyl sites for hydroxylation is 2. The highest BCUT2D eigenvalue weighted by molar-refractivity contribution is 5.98. The number of fused-ring (bicyclic) bond motifs is 1. The van der Waals surface area contributed by atoms with Crippen molar-refractivity contribution in [2.75, 3.05) is 0 Å². The molecule has 0 saturated carbocycles. The minimum atomic E-state index is -0.309. The predicted octanol–water partition coefficient (Wildman–Crippen LogP) is 2.85. The van der Waals surface area contributed by atoms with Crippen molar-refractivity contribution in [2.45, 2.75) is 26.4 Å². The Morgan fingerprint density at radius 1 is 1.35 bits per heavy atom. The number of imidazole rings is 1. The summed E-state index contributed by atoms with van der Waals surface area (Å²) in [5.41, 5.74) is 1.32. The summed E-state index contributed by atoms with van der Waals surface area (Å²) in [6, 6.07) is 6.20. The van der Waals surface area contributed by atoms with E-state index in [9.17, 15) is 9.18 Å². The number of rotatable bonds is 5. The maximum atomic E-state index is 13.3. The number of amides is 1. The zero-order valence-electron chi connectivity index (χ0n) is 13.2. The van der Waals surface area contributed by atoms with Gasteiger partial charge in [-0.2, -0.15) is 0 Å². The number of nitrogens with one attached hydrogen (secondary N) is 1. The van der Waals surface area contributed by atoms with Crippen LogP contribution in [0.25, 0.3) is 10.9 Å². The van der Waals surface area contributed by atoms with E-state index in [0.29, 0.717) is 17.6 Å². The number of halogens is 1. The highest BCUT2D eigenvalue weighted by Crippen LogP contribution is 2.19. The van der Waals surface area contributed by atoms with Crippen molar-refractivity contribution in [3.05, 3.63) is 54.0 Å². The van der Waals surface area contributed by atoms with Crippen molar-refractivity contribution in [1.29, 1.82) is 0 Å². The Morgan fingerprint density at radius 2 is 2.17 bits per heavy atom. The molecule has 1 aromatic carbocycles. The first kappa shape index (κ1) is 15.3. The van der Waals surface area contributed by atoms with Crippen LogP contribution >= 0.6 is 0 Å². The minimum absolute atomic E-state index is 0.199. The fraction of sp³-hybridized carbons (Fsp3) is 0.294. The normalized spacial score (nSPS) is 11.1. The van der Waals surface area contributed by atoms with Gasteiger partial charge >= 0.3 is 0 Å². The Bertz CT molecular complexity index is 850. The molecule has 0 aliphatic carbocycles. The molecule has 6 heteroatoms. The lowest BCUT2D eigenvalue weighted by Gasteiger charge is -2.08. The van der Waals surface area contributed by atoms with Crippen molar-refractivity contribution >= 4 is 16.8 Å². The highest BCUT2D eigenvalue weighted by atomic mass is 19.1. The largest absolute Gasteiger partial charge is 0.344 e. The predicted molar refractivity (Wildman–Crippen MR) is 86.6 cm³/mol. The lowest BCUT2D eigenvalue weighted by molar-refractivity contribution is 0.0941. The second-order valence-corrected chi connectivity index (χ2v) is 5.51. The summed E-state index contributed by atoms with van der Waals surface area (Å²) < 4.78 is 17.1. The van der Waals surface area contributed by atoms with Gasteiger partial charge in [-0.3, -0.25) is 4.79 Å². The van der Waals surface area contributed by atoms with Crippen molar-refractivity contribution in [3.63, 3.8) is 0 Å². The molecule has 0 aliphatic heterocycles. The minimum Gasteiger partial charge on any atom is -0.344 e. The SMILES string of the molecule is CCCn1ccnc1CNC(=O)c1cc2cc(F)ccc2n1C. The number of hydrogen-bond donors (Lipinski definition) is 1. The van der Waals surface area contributed by atoms with Gasteiger partial charge in [0.25, 0.3) is 5.91 Å². The number of carbonyl (C=O) groups is 1. The highest BCUT2D eigenvalue weighted by Gasteiger charge is 2.14. The van der Waals surface area contributed by atoms with Crippen LogP contribution in [0.3, 0.4) is 0 Å². The van der Waals surface area contributed by atoms with Gasteiger partial charge in [0, 0.05) is 36.9 Å². The number of hydrogen-bond acceptors (Lipinski definition) is 2. The monoisotopic (exact) mass is 314 g/mol. The third-order valence-electron chi connectivity index (χ3n) is 3.91. The van der Waals surface area contributed by atoms with Crippen LogP contribution in [-0.4, -0.2) is 20.0 Å². The van der Waals surface area contributed by atoms with E-state index in [0.717, 1.165) is 24.3 Å². The fourth-order valence-electron chi connectivity index (χ4n) is 2.74. The molecular weight excluding hydrogens is 295 g/mol. The molecule has 2 aromatic heterocycles. The van der Waals surface area contributed by atoms with Crippen molar-refractivity contribution in [1.82, 2.24) is 19.4 Å². The van der Waals surface area contributed by atoms with Crippen LogP contribution < -0.4 is 5.32 Å². The standard InChI is InChI=1S/C17H19FN4O/c1-3-7-22-8-6-19-16(22)11-20-17(23)15-10-12-9-13(18)4-5-14(12)21(15)2/h4-6,8-10H,3,7,11H2,1-2H3,(H,20,23). The molecule has 0 radical (unpaired) electrons. The number of aromatic nitrogens is 3. The molecule has 5 nitrogen and oxygen atoms in total. The Kier molecular flexibility index (Phi) is 4.14. The third kappa shape index (κ3) is 2.97. The van der Waals surface area contributed by atoms with E-state index in [-0.39, 0.29) is 11.7 Å². The molecule has 3 aromatic rings. The van der Waals surface area contributed by atoms with Crippen molar-refractivity contribution in [3.8, 4) is 0 Å². The van der Waals surface area contributed by atoms with Gasteiger partial charge in [0.1, 0.15) is 17.3 Å². The molecule has 2 heterocycles. The van der Waals surface area contributed by atoms with E-state index in [1.54, 1.807) is 29.9 Å². The van der Waals surface area contributed by atoms with Crippen LogP contribution in [0, 0.1) is 5.82 Å². The molecule has 0 saturated heterocycles. The van der Waals surface area contributed by atoms with E-state index < -0.39 is 0 Å². The summed E-state index contributed by atoms with van der Waals surface area (Å²) in [5, 5.41) is 3.59. The zero-order chi connectivity index (χ0) is 16.4. The molecule has 0 spiro atoms. The summed E-state index contributed by atoms with van der Waals surface area (Å²) in [7, 11) is 1.80. The zero-order valence-corrected chi connectivity index (χ0v) is 13.2. The first-order valence-corrected chi connectivity index (χ1v) is 7.63. The Balaban J connectivity index is 1.78. The van der Waals surface area contributed by atoms with Crippen LogP contribution in [0.2, 0.25) is 0 Å². The van der Waals surface area contributed by atoms with Gasteiger partial charge in [-0.1, -0.05) is 6.92 Å². The van der Waals surface area contributed by atoms with Crippen LogP contribution in [0.4, 0.5) is 4.39 Å². The first-order valence-electron chi connectivity index (χ1n) is 7.63. The Labute approximate surface area is 133 Å². The number of benzene rings is 1. The maximum absolute atomic E-state index is 13.3. The van der Waals surface area contributed by atoms with Gasteiger partial charge in [-0.15, -0.1) is 0 Å². The van der Waals surface area contributed by atoms with Gasteiger partial charge in [-0.25, -0.2) is 9.37 Å². The van der Waals surface area contributed by atoms with Gasteiger partial charge < -0.3 is 14.5 Å². The molecule has 0 fully saturated rings. The third-order valence-corrected chi connectivity index (χ3v) is 3.91. The number of carbonyl (C=O) groups excluding carboxylic acids is 1. The molecule has 1 N–H and O–H groups in total. The molecule has 3 rings (SSSR count). The topological polar surface area (TPSA) is 51.9 Å². The summed E-state index contributed by atoms with van der Waals surface area (Å²) in [6.07, 6.45) is 4.65. The average Bonchev–Trinajstić information content (AvgIpc) is 3.10. The average molecular weight is 314 g/mol.